The number of benzene rings is 1. The monoisotopic (exact) mass is 334 g/mol. The van der Waals surface area contributed by atoms with Crippen LogP contribution in [0.3, 0.4) is 0 Å². The maximum atomic E-state index is 14.3. The van der Waals surface area contributed by atoms with Gasteiger partial charge in [0.2, 0.25) is 0 Å². The Kier molecular flexibility index (Phi) is 4.81. The summed E-state index contributed by atoms with van der Waals surface area (Å²) < 4.78 is 14.3. The number of pyridine rings is 1. The molecule has 0 fully saturated rings. The third-order valence-corrected chi connectivity index (χ3v) is 5.50. The van der Waals surface area contributed by atoms with E-state index in [2.05, 4.69) is 29.9 Å². The number of rotatable bonds is 5. The SMILES string of the molecule is C[Si](C)(C)c1ccc(Nc2cnc(CO)cc2C(=O)O)c(F)c1. The van der Waals surface area contributed by atoms with Crippen LogP contribution in [0.2, 0.25) is 19.6 Å². The number of anilines is 2. The second-order valence-corrected chi connectivity index (χ2v) is 11.3. The average Bonchev–Trinajstić information content (AvgIpc) is 2.48. The van der Waals surface area contributed by atoms with Crippen molar-refractivity contribution in [3.8, 4) is 0 Å². The highest BCUT2D eigenvalue weighted by Gasteiger charge is 2.19. The number of halogens is 1. The summed E-state index contributed by atoms with van der Waals surface area (Å²) in [5, 5.41) is 22.0. The topological polar surface area (TPSA) is 82.5 Å². The van der Waals surface area contributed by atoms with Gasteiger partial charge in [0.05, 0.1) is 43.5 Å². The number of nitrogens with zero attached hydrogens (tertiary/aromatic N) is 1. The number of carbonyl (C=O) groups is 1. The molecule has 0 saturated heterocycles. The van der Waals surface area contributed by atoms with Crippen molar-refractivity contribution in [2.75, 3.05) is 5.32 Å². The first kappa shape index (κ1) is 17.1. The molecule has 0 aliphatic carbocycles. The maximum absolute atomic E-state index is 14.3. The molecule has 7 heteroatoms. The van der Waals surface area contributed by atoms with Gasteiger partial charge in [-0.05, 0) is 18.2 Å². The van der Waals surface area contributed by atoms with Crippen LogP contribution >= 0.6 is 0 Å². The first-order chi connectivity index (χ1) is 10.7. The Balaban J connectivity index is 2.38. The molecule has 0 saturated carbocycles. The van der Waals surface area contributed by atoms with E-state index in [1.54, 1.807) is 6.07 Å². The molecular formula is C16H19FN2O3Si. The van der Waals surface area contributed by atoms with Gasteiger partial charge in [-0.15, -0.1) is 0 Å². The molecule has 0 radical (unpaired) electrons. The Morgan fingerprint density at radius 2 is 1.96 bits per heavy atom. The van der Waals surface area contributed by atoms with E-state index in [-0.39, 0.29) is 29.2 Å². The van der Waals surface area contributed by atoms with Crippen molar-refractivity contribution in [2.45, 2.75) is 26.2 Å². The number of aromatic nitrogens is 1. The second kappa shape index (κ2) is 6.47. The largest absolute Gasteiger partial charge is 0.478 e. The van der Waals surface area contributed by atoms with Gasteiger partial charge in [0.15, 0.2) is 0 Å². The Bertz CT molecular complexity index is 745. The molecule has 1 heterocycles. The molecule has 1 aromatic heterocycles. The van der Waals surface area contributed by atoms with Gasteiger partial charge in [-0.25, -0.2) is 9.18 Å². The number of aromatic carboxylic acids is 1. The summed E-state index contributed by atoms with van der Waals surface area (Å²) >= 11 is 0. The Morgan fingerprint density at radius 1 is 1.26 bits per heavy atom. The van der Waals surface area contributed by atoms with Crippen LogP contribution in [-0.4, -0.2) is 29.2 Å². The van der Waals surface area contributed by atoms with Crippen molar-refractivity contribution in [2.24, 2.45) is 0 Å². The van der Waals surface area contributed by atoms with Crippen molar-refractivity contribution in [3.05, 3.63) is 47.5 Å². The summed E-state index contributed by atoms with van der Waals surface area (Å²) in [6.45, 7) is 6.00. The molecule has 0 bridgehead atoms. The van der Waals surface area contributed by atoms with Crippen LogP contribution in [0, 0.1) is 5.82 Å². The minimum Gasteiger partial charge on any atom is -0.478 e. The highest BCUT2D eigenvalue weighted by molar-refractivity contribution is 6.88. The Labute approximate surface area is 134 Å². The number of hydrogen-bond acceptors (Lipinski definition) is 4. The molecule has 23 heavy (non-hydrogen) atoms. The van der Waals surface area contributed by atoms with E-state index in [1.165, 1.54) is 18.3 Å². The molecule has 0 aliphatic rings. The number of nitrogens with one attached hydrogen (secondary N) is 1. The van der Waals surface area contributed by atoms with Gasteiger partial charge in [-0.2, -0.15) is 0 Å². The van der Waals surface area contributed by atoms with Crippen molar-refractivity contribution >= 4 is 30.6 Å². The van der Waals surface area contributed by atoms with Gasteiger partial charge in [-0.1, -0.05) is 30.9 Å². The van der Waals surface area contributed by atoms with Crippen LogP contribution in [0.25, 0.3) is 0 Å². The van der Waals surface area contributed by atoms with Crippen LogP contribution in [-0.2, 0) is 6.61 Å². The fourth-order valence-electron chi connectivity index (χ4n) is 2.09. The van der Waals surface area contributed by atoms with Gasteiger partial charge in [0.25, 0.3) is 0 Å². The highest BCUT2D eigenvalue weighted by Crippen LogP contribution is 2.23. The van der Waals surface area contributed by atoms with Crippen molar-refractivity contribution < 1.29 is 19.4 Å². The predicted molar refractivity (Wildman–Crippen MR) is 89.8 cm³/mol. The number of hydrogen-bond donors (Lipinski definition) is 3. The lowest BCUT2D eigenvalue weighted by molar-refractivity contribution is 0.0697. The first-order valence-corrected chi connectivity index (χ1v) is 10.6. The van der Waals surface area contributed by atoms with Gasteiger partial charge >= 0.3 is 5.97 Å². The number of aliphatic hydroxyl groups is 1. The molecule has 0 atom stereocenters. The van der Waals surface area contributed by atoms with Crippen LogP contribution in [0.1, 0.15) is 16.1 Å². The van der Waals surface area contributed by atoms with Gasteiger partial charge in [0, 0.05) is 0 Å². The maximum Gasteiger partial charge on any atom is 0.337 e. The lowest BCUT2D eigenvalue weighted by Crippen LogP contribution is -2.37. The first-order valence-electron chi connectivity index (χ1n) is 7.12. The Morgan fingerprint density at radius 3 is 2.48 bits per heavy atom. The molecule has 5 nitrogen and oxygen atoms in total. The molecule has 0 spiro atoms. The lowest BCUT2D eigenvalue weighted by atomic mass is 10.2. The van der Waals surface area contributed by atoms with Crippen LogP contribution in [0.15, 0.2) is 30.5 Å². The lowest BCUT2D eigenvalue weighted by Gasteiger charge is -2.18. The van der Waals surface area contributed by atoms with Crippen LogP contribution in [0.4, 0.5) is 15.8 Å². The Hall–Kier alpha value is -2.25. The van der Waals surface area contributed by atoms with Crippen molar-refractivity contribution in [1.29, 1.82) is 0 Å². The van der Waals surface area contributed by atoms with E-state index in [9.17, 15) is 14.3 Å². The smallest absolute Gasteiger partial charge is 0.337 e. The van der Waals surface area contributed by atoms with E-state index in [1.807, 2.05) is 6.07 Å². The van der Waals surface area contributed by atoms with E-state index in [0.29, 0.717) is 0 Å². The summed E-state index contributed by atoms with van der Waals surface area (Å²) in [7, 11) is -1.62. The van der Waals surface area contributed by atoms with Crippen molar-refractivity contribution in [1.82, 2.24) is 4.98 Å². The molecule has 1 aromatic carbocycles. The molecular weight excluding hydrogens is 315 g/mol. The van der Waals surface area contributed by atoms with E-state index >= 15 is 0 Å². The zero-order chi connectivity index (χ0) is 17.2. The van der Waals surface area contributed by atoms with Crippen molar-refractivity contribution in [3.63, 3.8) is 0 Å². The van der Waals surface area contributed by atoms with E-state index in [0.717, 1.165) is 5.19 Å². The van der Waals surface area contributed by atoms with E-state index in [4.69, 9.17) is 5.11 Å². The standard InChI is InChI=1S/C16H19FN2O3Si/c1-23(2,3)11-4-5-14(13(17)7-11)19-15-8-18-10(9-20)6-12(15)16(21)22/h4-8,19-20H,9H2,1-3H3,(H,21,22). The van der Waals surface area contributed by atoms with Crippen LogP contribution in [0.5, 0.6) is 0 Å². The molecule has 2 rings (SSSR count). The van der Waals surface area contributed by atoms with E-state index < -0.39 is 19.9 Å². The quantitative estimate of drug-likeness (QED) is 0.732. The molecule has 2 aromatic rings. The third kappa shape index (κ3) is 3.94. The fraction of sp³-hybridized carbons (Fsp3) is 0.250. The summed E-state index contributed by atoms with van der Waals surface area (Å²) in [6.07, 6.45) is 1.28. The summed E-state index contributed by atoms with van der Waals surface area (Å²) in [5.74, 6) is -1.61. The molecule has 0 amide bonds. The summed E-state index contributed by atoms with van der Waals surface area (Å²) in [5.41, 5.74) is 0.530. The van der Waals surface area contributed by atoms with Gasteiger partial charge < -0.3 is 15.5 Å². The predicted octanol–water partition coefficient (Wildman–Crippen LogP) is 2.70. The normalized spacial score (nSPS) is 11.3. The second-order valence-electron chi connectivity index (χ2n) is 6.25. The minimum absolute atomic E-state index is 0.0716. The fourth-order valence-corrected chi connectivity index (χ4v) is 3.23. The minimum atomic E-state index is -1.62. The van der Waals surface area contributed by atoms with Gasteiger partial charge in [-0.3, -0.25) is 4.98 Å². The zero-order valence-electron chi connectivity index (χ0n) is 13.2. The zero-order valence-corrected chi connectivity index (χ0v) is 14.2. The number of carboxylic acids is 1. The molecule has 0 unspecified atom stereocenters. The highest BCUT2D eigenvalue weighted by atomic mass is 28.3. The molecule has 3 N–H and O–H groups in total. The number of carboxylic acid groups (broad SMARTS) is 1. The average molecular weight is 334 g/mol. The number of aliphatic hydroxyl groups excluding tert-OH is 1. The molecule has 0 aliphatic heterocycles. The summed E-state index contributed by atoms with van der Waals surface area (Å²) in [6, 6.07) is 6.21. The molecule has 122 valence electrons. The van der Waals surface area contributed by atoms with Gasteiger partial charge in [0.1, 0.15) is 5.82 Å². The van der Waals surface area contributed by atoms with Crippen LogP contribution < -0.4 is 10.5 Å². The third-order valence-electron chi connectivity index (χ3n) is 3.46. The summed E-state index contributed by atoms with van der Waals surface area (Å²) in [4.78, 5) is 15.2.